The maximum absolute atomic E-state index is 6.74. The normalized spacial score (nSPS) is 13.6. The molecule has 0 aliphatic heterocycles. The van der Waals surface area contributed by atoms with Gasteiger partial charge < -0.3 is 4.42 Å². The van der Waals surface area contributed by atoms with Crippen LogP contribution >= 0.6 is 11.3 Å². The summed E-state index contributed by atoms with van der Waals surface area (Å²) in [6, 6.07) is 58.6. The summed E-state index contributed by atoms with van der Waals surface area (Å²) in [5.74, 6) is 0. The van der Waals surface area contributed by atoms with Gasteiger partial charge in [0.15, 0.2) is 5.58 Å². The average molecular weight is 693 g/mol. The molecule has 1 aliphatic carbocycles. The van der Waals surface area contributed by atoms with Crippen LogP contribution in [-0.4, -0.2) is 0 Å². The zero-order valence-corrected chi connectivity index (χ0v) is 30.1. The maximum Gasteiger partial charge on any atom is 0.153 e. The van der Waals surface area contributed by atoms with Gasteiger partial charge in [0.25, 0.3) is 0 Å². The van der Waals surface area contributed by atoms with Gasteiger partial charge in [-0.2, -0.15) is 0 Å². The topological polar surface area (TPSA) is 13.1 Å². The Morgan fingerprint density at radius 2 is 0.981 bits per heavy atom. The van der Waals surface area contributed by atoms with Crippen LogP contribution in [0.15, 0.2) is 162 Å². The molecule has 0 unspecified atom stereocenters. The van der Waals surface area contributed by atoms with Crippen LogP contribution in [0.3, 0.4) is 0 Å². The van der Waals surface area contributed by atoms with Crippen LogP contribution in [0, 0.1) is 0 Å². The first-order valence-electron chi connectivity index (χ1n) is 18.4. The number of thiophene rings is 1. The Morgan fingerprint density at radius 3 is 1.74 bits per heavy atom. The molecule has 0 saturated carbocycles. The summed E-state index contributed by atoms with van der Waals surface area (Å²) in [5.41, 5.74) is 12.4. The van der Waals surface area contributed by atoms with Gasteiger partial charge in [0.05, 0.1) is 4.70 Å². The summed E-state index contributed by atoms with van der Waals surface area (Å²) in [6.07, 6.45) is 0. The van der Waals surface area contributed by atoms with Gasteiger partial charge in [-0.25, -0.2) is 0 Å². The molecule has 0 radical (unpaired) electrons. The largest absolute Gasteiger partial charge is 0.455 e. The number of hydrogen-bond acceptors (Lipinski definition) is 2. The second kappa shape index (κ2) is 10.4. The first-order chi connectivity index (χ1) is 26.0. The number of rotatable bonds is 2. The van der Waals surface area contributed by atoms with Gasteiger partial charge in [-0.1, -0.05) is 147 Å². The molecule has 12 rings (SSSR count). The monoisotopic (exact) mass is 692 g/mol. The third-order valence-corrected chi connectivity index (χ3v) is 13.3. The van der Waals surface area contributed by atoms with Gasteiger partial charge in [-0.05, 0) is 101 Å². The molecule has 11 aromatic rings. The molecule has 0 amide bonds. The van der Waals surface area contributed by atoms with E-state index in [-0.39, 0.29) is 5.41 Å². The van der Waals surface area contributed by atoms with E-state index in [0.29, 0.717) is 0 Å². The van der Waals surface area contributed by atoms with Crippen molar-refractivity contribution in [2.24, 2.45) is 0 Å². The number of benzene rings is 9. The SMILES string of the molecule is CC1(C)c2ccccc2-c2cc(-c3c4ccccc4c(-c4ccc5oc6c(ccc7c8ccc9ccccc9c8sc76)c5c4)c4ccccc34)ccc21. The van der Waals surface area contributed by atoms with E-state index < -0.39 is 0 Å². The molecule has 0 atom stereocenters. The summed E-state index contributed by atoms with van der Waals surface area (Å²) in [6.45, 7) is 4.70. The molecule has 0 bridgehead atoms. The fraction of sp³-hybridized carbons (Fsp3) is 0.0588. The smallest absolute Gasteiger partial charge is 0.153 e. The van der Waals surface area contributed by atoms with E-state index in [2.05, 4.69) is 172 Å². The van der Waals surface area contributed by atoms with Crippen molar-refractivity contribution >= 4 is 85.8 Å². The zero-order chi connectivity index (χ0) is 35.0. The van der Waals surface area contributed by atoms with E-state index in [0.717, 1.165) is 21.9 Å². The van der Waals surface area contributed by atoms with Gasteiger partial charge in [0.2, 0.25) is 0 Å². The molecule has 2 heteroatoms. The molecule has 9 aromatic carbocycles. The first kappa shape index (κ1) is 29.4. The van der Waals surface area contributed by atoms with Gasteiger partial charge in [0, 0.05) is 31.7 Å². The molecule has 0 saturated heterocycles. The molecular weight excluding hydrogens is 661 g/mol. The predicted octanol–water partition coefficient (Wildman–Crippen LogP) is 15.1. The van der Waals surface area contributed by atoms with Gasteiger partial charge in [0.1, 0.15) is 5.58 Å². The van der Waals surface area contributed by atoms with E-state index in [1.807, 2.05) is 11.3 Å². The number of fused-ring (bicyclic) bond motifs is 14. The summed E-state index contributed by atoms with van der Waals surface area (Å²) in [7, 11) is 0. The van der Waals surface area contributed by atoms with Crippen molar-refractivity contribution in [2.45, 2.75) is 19.3 Å². The van der Waals surface area contributed by atoms with Crippen LogP contribution < -0.4 is 0 Å². The van der Waals surface area contributed by atoms with Crippen LogP contribution in [0.1, 0.15) is 25.0 Å². The van der Waals surface area contributed by atoms with Crippen LogP contribution in [0.25, 0.3) is 108 Å². The van der Waals surface area contributed by atoms with E-state index in [1.54, 1.807) is 0 Å². The molecule has 2 heterocycles. The third kappa shape index (κ3) is 3.91. The van der Waals surface area contributed by atoms with Crippen LogP contribution in [0.5, 0.6) is 0 Å². The fourth-order valence-corrected chi connectivity index (χ4v) is 10.9. The van der Waals surface area contributed by atoms with Gasteiger partial charge in [-0.15, -0.1) is 11.3 Å². The second-order valence-electron chi connectivity index (χ2n) is 15.2. The van der Waals surface area contributed by atoms with Crippen molar-refractivity contribution < 1.29 is 4.42 Å². The van der Waals surface area contributed by atoms with Crippen molar-refractivity contribution in [1.29, 1.82) is 0 Å². The van der Waals surface area contributed by atoms with Crippen molar-refractivity contribution in [3.05, 3.63) is 169 Å². The lowest BCUT2D eigenvalue weighted by Gasteiger charge is -2.22. The minimum atomic E-state index is -0.0223. The molecule has 248 valence electrons. The highest BCUT2D eigenvalue weighted by Crippen LogP contribution is 2.52. The average Bonchev–Trinajstić information content (AvgIpc) is 3.84. The van der Waals surface area contributed by atoms with Gasteiger partial charge in [-0.3, -0.25) is 0 Å². The van der Waals surface area contributed by atoms with E-state index in [4.69, 9.17) is 4.42 Å². The van der Waals surface area contributed by atoms with Crippen molar-refractivity contribution in [3.8, 4) is 33.4 Å². The minimum Gasteiger partial charge on any atom is -0.455 e. The highest BCUT2D eigenvalue weighted by Gasteiger charge is 2.35. The first-order valence-corrected chi connectivity index (χ1v) is 19.2. The van der Waals surface area contributed by atoms with Crippen molar-refractivity contribution in [2.75, 3.05) is 0 Å². The molecule has 0 spiro atoms. The molecule has 1 nitrogen and oxygen atoms in total. The van der Waals surface area contributed by atoms with Crippen molar-refractivity contribution in [1.82, 2.24) is 0 Å². The Kier molecular flexibility index (Phi) is 5.78. The van der Waals surface area contributed by atoms with E-state index in [9.17, 15) is 0 Å². The Balaban J connectivity index is 1.09. The number of hydrogen-bond donors (Lipinski definition) is 0. The number of furan rings is 1. The van der Waals surface area contributed by atoms with Crippen LogP contribution in [0.2, 0.25) is 0 Å². The molecule has 53 heavy (non-hydrogen) atoms. The lowest BCUT2D eigenvalue weighted by molar-refractivity contribution is 0.660. The molecular formula is C51H32OS. The third-order valence-electron chi connectivity index (χ3n) is 12.1. The lowest BCUT2D eigenvalue weighted by atomic mass is 9.81. The fourth-order valence-electron chi connectivity index (χ4n) is 9.58. The highest BCUT2D eigenvalue weighted by atomic mass is 32.1. The molecule has 1 aliphatic rings. The molecule has 0 N–H and O–H groups in total. The Morgan fingerprint density at radius 1 is 0.415 bits per heavy atom. The Hall–Kier alpha value is -6.22. The standard InChI is InChI=1S/C51H32OS/c1-51(2)43-18-10-9-13-33(43)41-27-30(20-25-44(41)51)46-34-14-5-7-16-36(34)47(37-17-8-6-15-35(37)46)31-21-26-45-42(28-31)38-23-24-40-39-22-19-29-11-3-4-12-32(29)49(39)53-50(40)48(38)52-45/h3-28H,1-2H3. The Bertz CT molecular complexity index is 3320. The quantitative estimate of drug-likeness (QED) is 0.164. The summed E-state index contributed by atoms with van der Waals surface area (Å²) in [4.78, 5) is 0. The van der Waals surface area contributed by atoms with Crippen LogP contribution in [0.4, 0.5) is 0 Å². The van der Waals surface area contributed by atoms with E-state index >= 15 is 0 Å². The Labute approximate surface area is 310 Å². The van der Waals surface area contributed by atoms with Gasteiger partial charge >= 0.3 is 0 Å². The minimum absolute atomic E-state index is 0.0223. The van der Waals surface area contributed by atoms with Crippen molar-refractivity contribution in [3.63, 3.8) is 0 Å². The lowest BCUT2D eigenvalue weighted by Crippen LogP contribution is -2.14. The zero-order valence-electron chi connectivity index (χ0n) is 29.3. The molecule has 2 aromatic heterocycles. The maximum atomic E-state index is 6.74. The highest BCUT2D eigenvalue weighted by molar-refractivity contribution is 7.27. The molecule has 0 fully saturated rings. The summed E-state index contributed by atoms with van der Waals surface area (Å²) < 4.78 is 9.27. The summed E-state index contributed by atoms with van der Waals surface area (Å²) in [5, 5.41) is 12.5. The van der Waals surface area contributed by atoms with E-state index in [1.165, 1.54) is 97.0 Å². The summed E-state index contributed by atoms with van der Waals surface area (Å²) >= 11 is 1.85. The second-order valence-corrected chi connectivity index (χ2v) is 16.2. The van der Waals surface area contributed by atoms with Crippen LogP contribution in [-0.2, 0) is 5.41 Å². The predicted molar refractivity (Wildman–Crippen MR) is 228 cm³/mol.